The van der Waals surface area contributed by atoms with Gasteiger partial charge < -0.3 is 20.6 Å². The maximum Gasteiger partial charge on any atom is 0.325 e. The zero-order valence-electron chi connectivity index (χ0n) is 9.66. The first-order chi connectivity index (χ1) is 7.79. The van der Waals surface area contributed by atoms with E-state index in [1.165, 1.54) is 0 Å². The number of rotatable bonds is 5. The van der Waals surface area contributed by atoms with Crippen molar-refractivity contribution in [2.24, 2.45) is 17.6 Å². The van der Waals surface area contributed by atoms with Crippen molar-refractivity contribution in [3.8, 4) is 0 Å². The van der Waals surface area contributed by atoms with Gasteiger partial charge in [0.25, 0.3) is 0 Å². The van der Waals surface area contributed by atoms with Gasteiger partial charge in [0.05, 0.1) is 6.16 Å². The van der Waals surface area contributed by atoms with Crippen molar-refractivity contribution in [1.29, 1.82) is 0 Å². The third-order valence-corrected chi connectivity index (χ3v) is 4.36. The third-order valence-electron chi connectivity index (χ3n) is 3.41. The van der Waals surface area contributed by atoms with E-state index in [1.54, 1.807) is 0 Å². The molecular weight excluding hydrogens is 245 g/mol. The van der Waals surface area contributed by atoms with Gasteiger partial charge in [0.2, 0.25) is 0 Å². The van der Waals surface area contributed by atoms with Gasteiger partial charge in [0.15, 0.2) is 0 Å². The molecule has 0 amide bonds. The molecule has 2 unspecified atom stereocenters. The summed E-state index contributed by atoms with van der Waals surface area (Å²) in [6.45, 7) is 0. The molecule has 1 aliphatic carbocycles. The van der Waals surface area contributed by atoms with E-state index >= 15 is 0 Å². The number of carbonyl (C=O) groups is 1. The molecule has 7 heteroatoms. The van der Waals surface area contributed by atoms with Gasteiger partial charge in [0, 0.05) is 0 Å². The van der Waals surface area contributed by atoms with Gasteiger partial charge in [-0.25, -0.2) is 0 Å². The van der Waals surface area contributed by atoms with Crippen LogP contribution in [-0.4, -0.2) is 33.1 Å². The summed E-state index contributed by atoms with van der Waals surface area (Å²) in [6, 6.07) is -0.933. The van der Waals surface area contributed by atoms with Crippen LogP contribution in [0.25, 0.3) is 0 Å². The molecule has 1 aliphatic rings. The standard InChI is InChI=1S/C10H20NO5P/c11-9(10(12)13)5-7-3-1-2-4-8(7)6-17(14,15)16/h7-9H,1-6,11H2,(H,12,13)(H2,14,15,16)/t7?,8?,9-/m0/s1. The molecule has 1 saturated carbocycles. The Bertz CT molecular complexity index is 316. The maximum atomic E-state index is 11.0. The number of hydrogen-bond donors (Lipinski definition) is 4. The van der Waals surface area contributed by atoms with Gasteiger partial charge in [0.1, 0.15) is 6.04 Å². The minimum absolute atomic E-state index is 0.0162. The highest BCUT2D eigenvalue weighted by Gasteiger charge is 2.32. The second-order valence-electron chi connectivity index (χ2n) is 4.83. The second kappa shape index (κ2) is 5.96. The Balaban J connectivity index is 2.60. The van der Waals surface area contributed by atoms with Crippen molar-refractivity contribution in [2.45, 2.75) is 38.1 Å². The molecule has 0 aromatic heterocycles. The SMILES string of the molecule is N[C@@H](CC1CCCCC1CP(=O)(O)O)C(=O)O. The molecule has 0 radical (unpaired) electrons. The lowest BCUT2D eigenvalue weighted by Crippen LogP contribution is -2.36. The number of aliphatic carboxylic acids is 1. The molecule has 5 N–H and O–H groups in total. The van der Waals surface area contributed by atoms with Gasteiger partial charge in [-0.05, 0) is 24.7 Å². The van der Waals surface area contributed by atoms with Crippen LogP contribution in [-0.2, 0) is 9.36 Å². The highest BCUT2D eigenvalue weighted by molar-refractivity contribution is 7.51. The topological polar surface area (TPSA) is 121 Å². The average molecular weight is 265 g/mol. The first-order valence-corrected chi connectivity index (χ1v) is 7.62. The van der Waals surface area contributed by atoms with Crippen LogP contribution >= 0.6 is 7.60 Å². The molecule has 17 heavy (non-hydrogen) atoms. The molecule has 3 atom stereocenters. The Morgan fingerprint density at radius 3 is 2.29 bits per heavy atom. The Hall–Kier alpha value is -0.420. The van der Waals surface area contributed by atoms with Crippen molar-refractivity contribution >= 4 is 13.6 Å². The molecule has 0 heterocycles. The molecule has 0 saturated heterocycles. The second-order valence-corrected chi connectivity index (χ2v) is 6.53. The number of hydrogen-bond acceptors (Lipinski definition) is 3. The zero-order valence-corrected chi connectivity index (χ0v) is 10.6. The van der Waals surface area contributed by atoms with Crippen LogP contribution in [0.4, 0.5) is 0 Å². The molecule has 0 aromatic carbocycles. The largest absolute Gasteiger partial charge is 0.480 e. The molecular formula is C10H20NO5P. The van der Waals surface area contributed by atoms with Crippen molar-refractivity contribution in [3.05, 3.63) is 0 Å². The van der Waals surface area contributed by atoms with Crippen LogP contribution in [0.15, 0.2) is 0 Å². The Kier molecular flexibility index (Phi) is 5.13. The van der Waals surface area contributed by atoms with Gasteiger partial charge in [-0.15, -0.1) is 0 Å². The molecule has 0 aliphatic heterocycles. The molecule has 1 fully saturated rings. The van der Waals surface area contributed by atoms with E-state index in [0.717, 1.165) is 25.7 Å². The van der Waals surface area contributed by atoms with Gasteiger partial charge in [-0.1, -0.05) is 19.3 Å². The highest BCUT2D eigenvalue weighted by Crippen LogP contribution is 2.44. The predicted molar refractivity (Wildman–Crippen MR) is 62.6 cm³/mol. The number of nitrogens with two attached hydrogens (primary N) is 1. The molecule has 6 nitrogen and oxygen atoms in total. The predicted octanol–water partition coefficient (Wildman–Crippen LogP) is 0.772. The van der Waals surface area contributed by atoms with Crippen molar-refractivity contribution in [2.75, 3.05) is 6.16 Å². The summed E-state index contributed by atoms with van der Waals surface area (Å²) in [5, 5.41) is 8.75. The van der Waals surface area contributed by atoms with Gasteiger partial charge >= 0.3 is 13.6 Å². The maximum absolute atomic E-state index is 11.0. The summed E-state index contributed by atoms with van der Waals surface area (Å²) in [5.74, 6) is -1.14. The van der Waals surface area contributed by atoms with E-state index in [1.807, 2.05) is 0 Å². The summed E-state index contributed by atoms with van der Waals surface area (Å²) in [6.07, 6.45) is 3.65. The van der Waals surface area contributed by atoms with Crippen LogP contribution in [0, 0.1) is 11.8 Å². The highest BCUT2D eigenvalue weighted by atomic mass is 31.2. The first kappa shape index (κ1) is 14.6. The monoisotopic (exact) mass is 265 g/mol. The normalized spacial score (nSPS) is 27.7. The lowest BCUT2D eigenvalue weighted by atomic mass is 9.77. The minimum atomic E-state index is -4.03. The van der Waals surface area contributed by atoms with E-state index < -0.39 is 19.6 Å². The molecule has 0 aromatic rings. The molecule has 100 valence electrons. The van der Waals surface area contributed by atoms with Crippen LogP contribution in [0.2, 0.25) is 0 Å². The quantitative estimate of drug-likeness (QED) is 0.545. The van der Waals surface area contributed by atoms with Crippen LogP contribution in [0.5, 0.6) is 0 Å². The van der Waals surface area contributed by atoms with Crippen LogP contribution in [0.1, 0.15) is 32.1 Å². The summed E-state index contributed by atoms with van der Waals surface area (Å²) < 4.78 is 11.0. The van der Waals surface area contributed by atoms with Gasteiger partial charge in [-0.3, -0.25) is 9.36 Å². The number of carboxylic acid groups (broad SMARTS) is 1. The smallest absolute Gasteiger partial charge is 0.325 e. The summed E-state index contributed by atoms with van der Waals surface area (Å²) in [4.78, 5) is 28.7. The van der Waals surface area contributed by atoms with E-state index in [0.29, 0.717) is 6.42 Å². The van der Waals surface area contributed by atoms with Crippen molar-refractivity contribution in [3.63, 3.8) is 0 Å². The fraction of sp³-hybridized carbons (Fsp3) is 0.900. The number of carboxylic acids is 1. The zero-order chi connectivity index (χ0) is 13.1. The Morgan fingerprint density at radius 1 is 1.29 bits per heavy atom. The summed E-state index contributed by atoms with van der Waals surface area (Å²) in [7, 11) is -4.03. The average Bonchev–Trinajstić information content (AvgIpc) is 2.18. The molecule has 0 bridgehead atoms. The summed E-state index contributed by atoms with van der Waals surface area (Å²) >= 11 is 0. The van der Waals surface area contributed by atoms with E-state index in [-0.39, 0.29) is 18.0 Å². The van der Waals surface area contributed by atoms with Gasteiger partial charge in [-0.2, -0.15) is 0 Å². The molecule has 0 spiro atoms. The van der Waals surface area contributed by atoms with Crippen LogP contribution in [0.3, 0.4) is 0 Å². The lowest BCUT2D eigenvalue weighted by molar-refractivity contribution is -0.139. The summed E-state index contributed by atoms with van der Waals surface area (Å²) in [5.41, 5.74) is 5.48. The van der Waals surface area contributed by atoms with E-state index in [9.17, 15) is 9.36 Å². The molecule has 1 rings (SSSR count). The minimum Gasteiger partial charge on any atom is -0.480 e. The van der Waals surface area contributed by atoms with E-state index in [4.69, 9.17) is 20.6 Å². The third kappa shape index (κ3) is 5.17. The first-order valence-electron chi connectivity index (χ1n) is 5.82. The van der Waals surface area contributed by atoms with E-state index in [2.05, 4.69) is 0 Å². The lowest BCUT2D eigenvalue weighted by Gasteiger charge is -2.32. The van der Waals surface area contributed by atoms with Crippen molar-refractivity contribution < 1.29 is 24.3 Å². The van der Waals surface area contributed by atoms with Crippen molar-refractivity contribution in [1.82, 2.24) is 0 Å². The fourth-order valence-corrected chi connectivity index (χ4v) is 3.66. The Labute approximate surface area is 100 Å². The fourth-order valence-electron chi connectivity index (χ4n) is 2.57. The Morgan fingerprint density at radius 2 is 1.82 bits per heavy atom. The van der Waals surface area contributed by atoms with Crippen LogP contribution < -0.4 is 5.73 Å².